The molecule has 0 bridgehead atoms. The third-order valence-electron chi connectivity index (χ3n) is 3.03. The molecule has 0 saturated heterocycles. The van der Waals surface area contributed by atoms with E-state index in [1.807, 2.05) is 25.2 Å². The average molecular weight is 268 g/mol. The summed E-state index contributed by atoms with van der Waals surface area (Å²) in [6, 6.07) is 5.59. The molecule has 2 N–H and O–H groups in total. The molecule has 0 fully saturated rings. The molecule has 0 saturated carbocycles. The topological polar surface area (TPSA) is 57.0 Å². The molecule has 1 rings (SSSR count). The summed E-state index contributed by atoms with van der Waals surface area (Å²) in [7, 11) is 6.99. The highest BCUT2D eigenvalue weighted by Crippen LogP contribution is 2.28. The summed E-state index contributed by atoms with van der Waals surface area (Å²) in [5.74, 6) is 1.52. The second kappa shape index (κ2) is 7.99. The smallest absolute Gasteiger partial charge is 0.127 e. The van der Waals surface area contributed by atoms with E-state index in [0.29, 0.717) is 6.61 Å². The van der Waals surface area contributed by atoms with Crippen molar-refractivity contribution in [2.75, 3.05) is 48.1 Å². The summed E-state index contributed by atoms with van der Waals surface area (Å²) < 4.78 is 15.6. The SMILES string of the molecule is COCCN(C)CC(N)c1ccc(OC)cc1OC. The fraction of sp³-hybridized carbons (Fsp3) is 0.571. The number of nitrogens with two attached hydrogens (primary N) is 1. The van der Waals surface area contributed by atoms with E-state index < -0.39 is 0 Å². The van der Waals surface area contributed by atoms with Gasteiger partial charge in [0, 0.05) is 37.9 Å². The molecule has 0 heterocycles. The molecule has 108 valence electrons. The highest BCUT2D eigenvalue weighted by molar-refractivity contribution is 5.42. The zero-order valence-corrected chi connectivity index (χ0v) is 12.2. The van der Waals surface area contributed by atoms with Gasteiger partial charge < -0.3 is 24.8 Å². The Kier molecular flexibility index (Phi) is 6.62. The number of rotatable bonds is 8. The van der Waals surface area contributed by atoms with Crippen LogP contribution in [0.3, 0.4) is 0 Å². The van der Waals surface area contributed by atoms with Crippen LogP contribution in [0.2, 0.25) is 0 Å². The van der Waals surface area contributed by atoms with E-state index in [2.05, 4.69) is 4.90 Å². The quantitative estimate of drug-likeness (QED) is 0.769. The molecular weight excluding hydrogens is 244 g/mol. The first-order valence-corrected chi connectivity index (χ1v) is 6.27. The van der Waals surface area contributed by atoms with Gasteiger partial charge in [0.05, 0.1) is 20.8 Å². The summed E-state index contributed by atoms with van der Waals surface area (Å²) >= 11 is 0. The fourth-order valence-electron chi connectivity index (χ4n) is 1.90. The van der Waals surface area contributed by atoms with Crippen LogP contribution < -0.4 is 15.2 Å². The summed E-state index contributed by atoms with van der Waals surface area (Å²) in [5.41, 5.74) is 7.21. The first-order valence-electron chi connectivity index (χ1n) is 6.27. The van der Waals surface area contributed by atoms with Crippen molar-refractivity contribution < 1.29 is 14.2 Å². The minimum absolute atomic E-state index is 0.109. The van der Waals surface area contributed by atoms with Crippen molar-refractivity contribution in [3.05, 3.63) is 23.8 Å². The molecule has 19 heavy (non-hydrogen) atoms. The predicted molar refractivity (Wildman–Crippen MR) is 75.8 cm³/mol. The molecule has 0 aromatic heterocycles. The Morgan fingerprint density at radius 1 is 1.21 bits per heavy atom. The molecule has 0 radical (unpaired) electrons. The van der Waals surface area contributed by atoms with E-state index in [0.717, 1.165) is 30.2 Å². The molecular formula is C14H24N2O3. The van der Waals surface area contributed by atoms with Crippen molar-refractivity contribution >= 4 is 0 Å². The van der Waals surface area contributed by atoms with Gasteiger partial charge in [-0.3, -0.25) is 0 Å². The van der Waals surface area contributed by atoms with Gasteiger partial charge in [-0.15, -0.1) is 0 Å². The number of likely N-dealkylation sites (N-methyl/N-ethyl adjacent to an activating group) is 1. The van der Waals surface area contributed by atoms with Gasteiger partial charge in [0.2, 0.25) is 0 Å². The Morgan fingerprint density at radius 2 is 1.95 bits per heavy atom. The minimum Gasteiger partial charge on any atom is -0.497 e. The first-order chi connectivity index (χ1) is 9.12. The molecule has 5 nitrogen and oxygen atoms in total. The van der Waals surface area contributed by atoms with Crippen molar-refractivity contribution in [1.82, 2.24) is 4.90 Å². The lowest BCUT2D eigenvalue weighted by Crippen LogP contribution is -2.31. The van der Waals surface area contributed by atoms with Gasteiger partial charge in [0.1, 0.15) is 11.5 Å². The van der Waals surface area contributed by atoms with Crippen LogP contribution in [0.4, 0.5) is 0 Å². The molecule has 0 aliphatic rings. The van der Waals surface area contributed by atoms with E-state index in [1.54, 1.807) is 21.3 Å². The van der Waals surface area contributed by atoms with Crippen molar-refractivity contribution in [3.8, 4) is 11.5 Å². The Hall–Kier alpha value is -1.30. The molecule has 1 atom stereocenters. The lowest BCUT2D eigenvalue weighted by Gasteiger charge is -2.22. The third-order valence-corrected chi connectivity index (χ3v) is 3.03. The maximum atomic E-state index is 6.23. The van der Waals surface area contributed by atoms with Crippen molar-refractivity contribution in [3.63, 3.8) is 0 Å². The monoisotopic (exact) mass is 268 g/mol. The Morgan fingerprint density at radius 3 is 2.53 bits per heavy atom. The lowest BCUT2D eigenvalue weighted by atomic mass is 10.1. The molecule has 1 aromatic rings. The number of methoxy groups -OCH3 is 3. The van der Waals surface area contributed by atoms with Gasteiger partial charge in [-0.2, -0.15) is 0 Å². The van der Waals surface area contributed by atoms with Gasteiger partial charge >= 0.3 is 0 Å². The molecule has 0 aliphatic heterocycles. The van der Waals surface area contributed by atoms with E-state index in [1.165, 1.54) is 0 Å². The summed E-state index contributed by atoms with van der Waals surface area (Å²) in [6.07, 6.45) is 0. The van der Waals surface area contributed by atoms with Crippen LogP contribution in [0.15, 0.2) is 18.2 Å². The van der Waals surface area contributed by atoms with Crippen LogP contribution >= 0.6 is 0 Å². The van der Waals surface area contributed by atoms with Crippen molar-refractivity contribution in [2.24, 2.45) is 5.73 Å². The van der Waals surface area contributed by atoms with Crippen LogP contribution in [0.25, 0.3) is 0 Å². The summed E-state index contributed by atoms with van der Waals surface area (Å²) in [5, 5.41) is 0. The normalized spacial score (nSPS) is 12.5. The summed E-state index contributed by atoms with van der Waals surface area (Å²) in [4.78, 5) is 2.14. The molecule has 1 unspecified atom stereocenters. The number of hydrogen-bond acceptors (Lipinski definition) is 5. The highest BCUT2D eigenvalue weighted by Gasteiger charge is 2.14. The molecule has 0 amide bonds. The zero-order valence-electron chi connectivity index (χ0n) is 12.2. The Bertz CT molecular complexity index is 385. The van der Waals surface area contributed by atoms with Crippen molar-refractivity contribution in [1.29, 1.82) is 0 Å². The maximum absolute atomic E-state index is 6.23. The molecule has 5 heteroatoms. The zero-order chi connectivity index (χ0) is 14.3. The summed E-state index contributed by atoms with van der Waals surface area (Å²) in [6.45, 7) is 2.29. The van der Waals surface area contributed by atoms with E-state index in [-0.39, 0.29) is 6.04 Å². The van der Waals surface area contributed by atoms with Crippen LogP contribution in [0, 0.1) is 0 Å². The van der Waals surface area contributed by atoms with Gasteiger partial charge in [-0.1, -0.05) is 6.07 Å². The van der Waals surface area contributed by atoms with Gasteiger partial charge in [-0.05, 0) is 13.1 Å². The third kappa shape index (κ3) is 4.70. The van der Waals surface area contributed by atoms with Crippen LogP contribution in [-0.4, -0.2) is 53.0 Å². The first kappa shape index (κ1) is 15.8. The van der Waals surface area contributed by atoms with E-state index in [4.69, 9.17) is 19.9 Å². The van der Waals surface area contributed by atoms with Crippen LogP contribution in [0.5, 0.6) is 11.5 Å². The van der Waals surface area contributed by atoms with Gasteiger partial charge in [0.25, 0.3) is 0 Å². The Balaban J connectivity index is 2.72. The largest absolute Gasteiger partial charge is 0.497 e. The van der Waals surface area contributed by atoms with E-state index >= 15 is 0 Å². The van der Waals surface area contributed by atoms with Crippen LogP contribution in [0.1, 0.15) is 11.6 Å². The fourth-order valence-corrected chi connectivity index (χ4v) is 1.90. The number of ether oxygens (including phenoxy) is 3. The molecule has 1 aromatic carbocycles. The second-order valence-corrected chi connectivity index (χ2v) is 4.47. The Labute approximate surface area is 115 Å². The van der Waals surface area contributed by atoms with Gasteiger partial charge in [0.15, 0.2) is 0 Å². The number of hydrogen-bond donors (Lipinski definition) is 1. The maximum Gasteiger partial charge on any atom is 0.127 e. The molecule has 0 aliphatic carbocycles. The second-order valence-electron chi connectivity index (χ2n) is 4.47. The van der Waals surface area contributed by atoms with Crippen molar-refractivity contribution in [2.45, 2.75) is 6.04 Å². The standard InChI is InChI=1S/C14H24N2O3/c1-16(7-8-17-2)10-13(15)12-6-5-11(18-3)9-14(12)19-4/h5-6,9,13H,7-8,10,15H2,1-4H3. The molecule has 0 spiro atoms. The van der Waals surface area contributed by atoms with Gasteiger partial charge in [-0.25, -0.2) is 0 Å². The van der Waals surface area contributed by atoms with Crippen LogP contribution in [-0.2, 0) is 4.74 Å². The minimum atomic E-state index is -0.109. The van der Waals surface area contributed by atoms with E-state index in [9.17, 15) is 0 Å². The number of nitrogens with zero attached hydrogens (tertiary/aromatic N) is 1. The predicted octanol–water partition coefficient (Wildman–Crippen LogP) is 1.28. The number of benzene rings is 1. The lowest BCUT2D eigenvalue weighted by molar-refractivity contribution is 0.158. The average Bonchev–Trinajstić information content (AvgIpc) is 2.44. The highest BCUT2D eigenvalue weighted by atomic mass is 16.5.